The number of nitrogens with two attached hydrogens (primary N) is 1. The van der Waals surface area contributed by atoms with E-state index in [1.165, 1.54) is 0 Å². The minimum Gasteiger partial charge on any atom is -0.386 e. The minimum absolute atomic E-state index is 0. The smallest absolute Gasteiger partial charge is 0.386 e. The quantitative estimate of drug-likeness (QED) is 0.499. The number of nitrogens with zero attached hydrogens (tertiary/aromatic N) is 2. The molecular weight excluding hydrogens is 290 g/mol. The van der Waals surface area contributed by atoms with Gasteiger partial charge in [-0.15, -0.1) is 12.4 Å². The van der Waals surface area contributed by atoms with Crippen molar-refractivity contribution in [3.8, 4) is 0 Å². The SMILES string of the molecule is Cl.N=C(N)Cn1nc(C(F)(F)F)cc1C(F)(F)F. The van der Waals surface area contributed by atoms with Crippen molar-refractivity contribution in [2.75, 3.05) is 0 Å². The molecule has 0 fully saturated rings. The first-order chi connectivity index (χ1) is 7.51. The van der Waals surface area contributed by atoms with Crippen LogP contribution in [-0.2, 0) is 18.9 Å². The molecule has 3 N–H and O–H groups in total. The highest BCUT2D eigenvalue weighted by Gasteiger charge is 2.41. The summed E-state index contributed by atoms with van der Waals surface area (Å²) in [7, 11) is 0. The van der Waals surface area contributed by atoms with Gasteiger partial charge in [-0.25, -0.2) is 0 Å². The predicted molar refractivity (Wildman–Crippen MR) is 51.4 cm³/mol. The molecule has 4 nitrogen and oxygen atoms in total. The lowest BCUT2D eigenvalue weighted by atomic mass is 10.3. The molecule has 0 aromatic carbocycles. The fourth-order valence-electron chi connectivity index (χ4n) is 1.07. The first kappa shape index (κ1) is 16.6. The van der Waals surface area contributed by atoms with Gasteiger partial charge in [-0.05, 0) is 0 Å². The van der Waals surface area contributed by atoms with E-state index in [-0.39, 0.29) is 23.2 Å². The van der Waals surface area contributed by atoms with Gasteiger partial charge in [-0.1, -0.05) is 0 Å². The van der Waals surface area contributed by atoms with Crippen molar-refractivity contribution in [1.82, 2.24) is 9.78 Å². The van der Waals surface area contributed by atoms with Gasteiger partial charge in [0.25, 0.3) is 0 Å². The number of rotatable bonds is 2. The van der Waals surface area contributed by atoms with Gasteiger partial charge in [-0.2, -0.15) is 31.4 Å². The molecule has 104 valence electrons. The van der Waals surface area contributed by atoms with Crippen LogP contribution in [0.1, 0.15) is 11.4 Å². The van der Waals surface area contributed by atoms with E-state index in [2.05, 4.69) is 5.10 Å². The van der Waals surface area contributed by atoms with Crippen molar-refractivity contribution in [3.63, 3.8) is 0 Å². The molecule has 0 amide bonds. The highest BCUT2D eigenvalue weighted by Crippen LogP contribution is 2.34. The van der Waals surface area contributed by atoms with E-state index in [4.69, 9.17) is 11.1 Å². The molecule has 1 aromatic heterocycles. The van der Waals surface area contributed by atoms with Crippen LogP contribution in [0, 0.1) is 5.41 Å². The van der Waals surface area contributed by atoms with Crippen LogP contribution in [0.4, 0.5) is 26.3 Å². The highest BCUT2D eigenvalue weighted by atomic mass is 35.5. The summed E-state index contributed by atoms with van der Waals surface area (Å²) in [5, 5.41) is 9.51. The third kappa shape index (κ3) is 3.79. The second-order valence-corrected chi connectivity index (χ2v) is 3.09. The molecule has 0 radical (unpaired) electrons. The Hall–Kier alpha value is -1.45. The maximum absolute atomic E-state index is 12.4. The summed E-state index contributed by atoms with van der Waals surface area (Å²) in [4.78, 5) is 0. The van der Waals surface area contributed by atoms with Gasteiger partial charge in [0.1, 0.15) is 11.5 Å². The number of halogens is 7. The van der Waals surface area contributed by atoms with Gasteiger partial charge in [0.05, 0.1) is 6.54 Å². The Balaban J connectivity index is 0.00000289. The molecule has 0 saturated carbocycles. The Morgan fingerprint density at radius 1 is 1.22 bits per heavy atom. The zero-order chi connectivity index (χ0) is 13.4. The fraction of sp³-hybridized carbons (Fsp3) is 0.429. The number of amidine groups is 1. The van der Waals surface area contributed by atoms with Crippen molar-refractivity contribution in [2.24, 2.45) is 5.73 Å². The largest absolute Gasteiger partial charge is 0.435 e. The second-order valence-electron chi connectivity index (χ2n) is 3.09. The maximum Gasteiger partial charge on any atom is 0.435 e. The maximum atomic E-state index is 12.4. The Morgan fingerprint density at radius 2 is 1.72 bits per heavy atom. The molecule has 0 aliphatic carbocycles. The van der Waals surface area contributed by atoms with E-state index >= 15 is 0 Å². The highest BCUT2D eigenvalue weighted by molar-refractivity contribution is 5.85. The molecular formula is C7H7ClF6N4. The molecule has 0 aliphatic heterocycles. The molecule has 1 rings (SSSR count). The topological polar surface area (TPSA) is 67.7 Å². The van der Waals surface area contributed by atoms with Crippen molar-refractivity contribution in [2.45, 2.75) is 18.9 Å². The monoisotopic (exact) mass is 296 g/mol. The van der Waals surface area contributed by atoms with Gasteiger partial charge in [0.15, 0.2) is 5.69 Å². The number of alkyl halides is 6. The van der Waals surface area contributed by atoms with Crippen LogP contribution < -0.4 is 5.73 Å². The first-order valence-electron chi connectivity index (χ1n) is 4.07. The lowest BCUT2D eigenvalue weighted by Gasteiger charge is -2.08. The van der Waals surface area contributed by atoms with E-state index < -0.39 is 36.1 Å². The number of aromatic nitrogens is 2. The van der Waals surface area contributed by atoms with E-state index in [9.17, 15) is 26.3 Å². The lowest BCUT2D eigenvalue weighted by molar-refractivity contribution is -0.144. The Kier molecular flexibility index (Phi) is 4.64. The summed E-state index contributed by atoms with van der Waals surface area (Å²) in [6.45, 7) is -0.856. The Bertz CT molecular complexity index is 434. The van der Waals surface area contributed by atoms with Crippen molar-refractivity contribution >= 4 is 18.2 Å². The summed E-state index contributed by atoms with van der Waals surface area (Å²) in [6.07, 6.45) is -9.98. The van der Waals surface area contributed by atoms with Gasteiger partial charge >= 0.3 is 12.4 Å². The van der Waals surface area contributed by atoms with Crippen molar-refractivity contribution in [3.05, 3.63) is 17.5 Å². The number of hydrogen-bond donors (Lipinski definition) is 2. The third-order valence-electron chi connectivity index (χ3n) is 1.68. The molecule has 0 aliphatic rings. The number of hydrogen-bond acceptors (Lipinski definition) is 2. The Morgan fingerprint density at radius 3 is 2.06 bits per heavy atom. The standard InChI is InChI=1S/C7H6F6N4.ClH/c8-6(9,10)3-1-4(7(11,12)13)17(16-3)2-5(14)15;/h1H,2H2,(H3,14,15);1H. The van der Waals surface area contributed by atoms with Crippen LogP contribution in [0.25, 0.3) is 0 Å². The average molecular weight is 297 g/mol. The van der Waals surface area contributed by atoms with E-state index in [0.29, 0.717) is 0 Å². The molecule has 11 heteroatoms. The summed E-state index contributed by atoms with van der Waals surface area (Å²) in [5.41, 5.74) is 1.56. The van der Waals surface area contributed by atoms with Crippen LogP contribution in [0.3, 0.4) is 0 Å². The summed E-state index contributed by atoms with van der Waals surface area (Å²) < 4.78 is 73.6. The van der Waals surface area contributed by atoms with Crippen molar-refractivity contribution < 1.29 is 26.3 Å². The van der Waals surface area contributed by atoms with Gasteiger partial charge in [0, 0.05) is 6.07 Å². The van der Waals surface area contributed by atoms with Crippen molar-refractivity contribution in [1.29, 1.82) is 5.41 Å². The zero-order valence-electron chi connectivity index (χ0n) is 8.43. The van der Waals surface area contributed by atoms with E-state index in [1.807, 2.05) is 0 Å². The van der Waals surface area contributed by atoms with E-state index in [1.54, 1.807) is 0 Å². The average Bonchev–Trinajstić information content (AvgIpc) is 2.44. The zero-order valence-corrected chi connectivity index (χ0v) is 9.25. The summed E-state index contributed by atoms with van der Waals surface area (Å²) in [6, 6.07) is -0.122. The van der Waals surface area contributed by atoms with Crippen LogP contribution >= 0.6 is 12.4 Å². The molecule has 0 spiro atoms. The normalized spacial score (nSPS) is 12.1. The number of nitrogens with one attached hydrogen (secondary N) is 1. The van der Waals surface area contributed by atoms with Gasteiger partial charge in [0.2, 0.25) is 0 Å². The summed E-state index contributed by atoms with van der Waals surface area (Å²) >= 11 is 0. The lowest BCUT2D eigenvalue weighted by Crippen LogP contribution is -2.23. The molecule has 0 bridgehead atoms. The van der Waals surface area contributed by atoms with Gasteiger partial charge in [-0.3, -0.25) is 10.1 Å². The predicted octanol–water partition coefficient (Wildman–Crippen LogP) is 2.28. The minimum atomic E-state index is -4.99. The third-order valence-corrected chi connectivity index (χ3v) is 1.68. The second kappa shape index (κ2) is 5.04. The molecule has 1 heterocycles. The molecule has 1 aromatic rings. The van der Waals surface area contributed by atoms with Crippen LogP contribution in [0.5, 0.6) is 0 Å². The van der Waals surface area contributed by atoms with Crippen LogP contribution in [-0.4, -0.2) is 15.6 Å². The first-order valence-corrected chi connectivity index (χ1v) is 4.07. The molecule has 0 unspecified atom stereocenters. The van der Waals surface area contributed by atoms with E-state index in [0.717, 1.165) is 0 Å². The van der Waals surface area contributed by atoms with Crippen LogP contribution in [0.2, 0.25) is 0 Å². The molecule has 0 saturated heterocycles. The van der Waals surface area contributed by atoms with Crippen LogP contribution in [0.15, 0.2) is 6.07 Å². The summed E-state index contributed by atoms with van der Waals surface area (Å²) in [5.74, 6) is -0.729. The fourth-order valence-corrected chi connectivity index (χ4v) is 1.07. The molecule has 18 heavy (non-hydrogen) atoms. The Labute approximate surface area is 103 Å². The van der Waals surface area contributed by atoms with Gasteiger partial charge < -0.3 is 5.73 Å². The molecule has 0 atom stereocenters.